The van der Waals surface area contributed by atoms with E-state index in [2.05, 4.69) is 4.98 Å². The third-order valence-corrected chi connectivity index (χ3v) is 2.32. The van der Waals surface area contributed by atoms with E-state index in [-0.39, 0.29) is 0 Å². The van der Waals surface area contributed by atoms with Crippen LogP contribution in [0.3, 0.4) is 0 Å². The third kappa shape index (κ3) is 0.984. The maximum Gasteiger partial charge on any atom is 0.181 e. The van der Waals surface area contributed by atoms with Crippen molar-refractivity contribution in [1.82, 2.24) is 4.98 Å². The topological polar surface area (TPSA) is 64.9 Å². The minimum Gasteiger partial charge on any atom is -0.399 e. The highest BCUT2D eigenvalue weighted by Gasteiger charge is 2.06. The molecule has 2 rings (SSSR count). The molecule has 0 saturated heterocycles. The van der Waals surface area contributed by atoms with Crippen molar-refractivity contribution < 1.29 is 4.39 Å². The average Bonchev–Trinajstić information content (AvgIpc) is 2.29. The quantitative estimate of drug-likeness (QED) is 0.610. The molecule has 0 radical (unpaired) electrons. The summed E-state index contributed by atoms with van der Waals surface area (Å²) in [7, 11) is 0. The van der Waals surface area contributed by atoms with E-state index in [1.54, 1.807) is 6.07 Å². The second-order valence-electron chi connectivity index (χ2n) is 2.40. The summed E-state index contributed by atoms with van der Waals surface area (Å²) >= 11 is 1.23. The van der Waals surface area contributed by atoms with Gasteiger partial charge in [0.2, 0.25) is 0 Å². The number of halogens is 1. The molecular weight excluding hydrogens is 177 g/mol. The zero-order valence-electron chi connectivity index (χ0n) is 6.04. The maximum atomic E-state index is 13.1. The first-order chi connectivity index (χ1) is 5.66. The van der Waals surface area contributed by atoms with Crippen LogP contribution in [0.1, 0.15) is 0 Å². The molecule has 2 aromatic rings. The molecule has 0 spiro atoms. The molecule has 0 bridgehead atoms. The van der Waals surface area contributed by atoms with Gasteiger partial charge in [0.15, 0.2) is 10.9 Å². The van der Waals surface area contributed by atoms with Crippen LogP contribution in [0.25, 0.3) is 10.2 Å². The van der Waals surface area contributed by atoms with Gasteiger partial charge in [0.25, 0.3) is 0 Å². The summed E-state index contributed by atoms with van der Waals surface area (Å²) in [5.41, 5.74) is 11.5. The molecule has 3 nitrogen and oxygen atoms in total. The Hall–Kier alpha value is -1.36. The highest BCUT2D eigenvalue weighted by Crippen LogP contribution is 2.27. The molecule has 0 aliphatic carbocycles. The van der Waals surface area contributed by atoms with Gasteiger partial charge < -0.3 is 11.5 Å². The summed E-state index contributed by atoms with van der Waals surface area (Å²) in [5.74, 6) is -0.419. The lowest BCUT2D eigenvalue weighted by molar-refractivity contribution is 0.638. The minimum atomic E-state index is -0.419. The van der Waals surface area contributed by atoms with Crippen molar-refractivity contribution in [3.8, 4) is 0 Å². The summed E-state index contributed by atoms with van der Waals surface area (Å²) < 4.78 is 13.8. The Balaban J connectivity index is 2.88. The standard InChI is InChI=1S/C7H6FN3S/c8-4-1-3(9)2-5-6(4)11-7(10)12-5/h1-2H,9H2,(H2,10,11). The molecule has 0 atom stereocenters. The molecule has 0 aliphatic rings. The molecule has 1 aromatic carbocycles. The maximum absolute atomic E-state index is 13.1. The van der Waals surface area contributed by atoms with Crippen LogP contribution in [0, 0.1) is 5.82 Å². The molecule has 0 unspecified atom stereocenters. The predicted molar refractivity (Wildman–Crippen MR) is 48.4 cm³/mol. The van der Waals surface area contributed by atoms with Crippen molar-refractivity contribution in [2.45, 2.75) is 0 Å². The van der Waals surface area contributed by atoms with E-state index in [4.69, 9.17) is 11.5 Å². The van der Waals surface area contributed by atoms with Crippen molar-refractivity contribution in [2.75, 3.05) is 11.5 Å². The lowest BCUT2D eigenvalue weighted by atomic mass is 10.3. The van der Waals surface area contributed by atoms with Crippen LogP contribution in [0.2, 0.25) is 0 Å². The molecular formula is C7H6FN3S. The van der Waals surface area contributed by atoms with Crippen LogP contribution in [0.4, 0.5) is 15.2 Å². The van der Waals surface area contributed by atoms with Gasteiger partial charge in [0, 0.05) is 5.69 Å². The lowest BCUT2D eigenvalue weighted by Gasteiger charge is -1.92. The Bertz CT molecular complexity index is 437. The summed E-state index contributed by atoms with van der Waals surface area (Å²) in [6.07, 6.45) is 0. The van der Waals surface area contributed by atoms with Crippen LogP contribution >= 0.6 is 11.3 Å². The van der Waals surface area contributed by atoms with Crippen LogP contribution in [0.15, 0.2) is 12.1 Å². The number of thiazole rings is 1. The largest absolute Gasteiger partial charge is 0.399 e. The summed E-state index contributed by atoms with van der Waals surface area (Å²) in [6.45, 7) is 0. The Morgan fingerprint density at radius 1 is 1.33 bits per heavy atom. The molecule has 0 aliphatic heterocycles. The van der Waals surface area contributed by atoms with Gasteiger partial charge in [-0.05, 0) is 12.1 Å². The van der Waals surface area contributed by atoms with Crippen LogP contribution in [-0.2, 0) is 0 Å². The lowest BCUT2D eigenvalue weighted by Crippen LogP contribution is -1.86. The number of fused-ring (bicyclic) bond motifs is 1. The molecule has 0 saturated carbocycles. The second-order valence-corrected chi connectivity index (χ2v) is 3.46. The number of benzene rings is 1. The predicted octanol–water partition coefficient (Wildman–Crippen LogP) is 1.60. The van der Waals surface area contributed by atoms with Gasteiger partial charge in [-0.1, -0.05) is 11.3 Å². The highest BCUT2D eigenvalue weighted by atomic mass is 32.1. The van der Waals surface area contributed by atoms with Crippen molar-refractivity contribution >= 4 is 32.4 Å². The smallest absolute Gasteiger partial charge is 0.181 e. The van der Waals surface area contributed by atoms with Gasteiger partial charge in [-0.25, -0.2) is 9.37 Å². The molecule has 1 heterocycles. The van der Waals surface area contributed by atoms with Crippen LogP contribution in [0.5, 0.6) is 0 Å². The average molecular weight is 183 g/mol. The Morgan fingerprint density at radius 2 is 2.08 bits per heavy atom. The first-order valence-electron chi connectivity index (χ1n) is 3.28. The SMILES string of the molecule is Nc1cc(F)c2nc(N)sc2c1. The van der Waals surface area contributed by atoms with E-state index in [1.165, 1.54) is 17.4 Å². The van der Waals surface area contributed by atoms with Gasteiger partial charge >= 0.3 is 0 Å². The van der Waals surface area contributed by atoms with Crippen molar-refractivity contribution in [3.05, 3.63) is 17.9 Å². The second kappa shape index (κ2) is 2.31. The molecule has 0 amide bonds. The first-order valence-corrected chi connectivity index (χ1v) is 4.09. The van der Waals surface area contributed by atoms with Gasteiger partial charge in [-0.2, -0.15) is 0 Å². The van der Waals surface area contributed by atoms with E-state index < -0.39 is 5.82 Å². The summed E-state index contributed by atoms with van der Waals surface area (Å²) in [4.78, 5) is 3.82. The van der Waals surface area contributed by atoms with E-state index in [0.717, 1.165) is 0 Å². The number of rotatable bonds is 0. The minimum absolute atomic E-state index is 0.298. The third-order valence-electron chi connectivity index (χ3n) is 1.49. The Labute approximate surface area is 71.8 Å². The van der Waals surface area contributed by atoms with Crippen LogP contribution < -0.4 is 11.5 Å². The first kappa shape index (κ1) is 7.30. The Kier molecular flexibility index (Phi) is 1.41. The highest BCUT2D eigenvalue weighted by molar-refractivity contribution is 7.22. The number of hydrogen-bond donors (Lipinski definition) is 2. The van der Waals surface area contributed by atoms with Crippen molar-refractivity contribution in [1.29, 1.82) is 0 Å². The number of nitrogen functional groups attached to an aromatic ring is 2. The van der Waals surface area contributed by atoms with E-state index in [1.807, 2.05) is 0 Å². The summed E-state index contributed by atoms with van der Waals surface area (Å²) in [5, 5.41) is 0.356. The fraction of sp³-hybridized carbons (Fsp3) is 0. The van der Waals surface area contributed by atoms with Gasteiger partial charge in [0.1, 0.15) is 5.52 Å². The zero-order valence-corrected chi connectivity index (χ0v) is 6.86. The summed E-state index contributed by atoms with van der Waals surface area (Å²) in [6, 6.07) is 2.90. The monoisotopic (exact) mass is 183 g/mol. The van der Waals surface area contributed by atoms with E-state index in [0.29, 0.717) is 21.0 Å². The number of nitrogens with zero attached hydrogens (tertiary/aromatic N) is 1. The zero-order chi connectivity index (χ0) is 8.72. The van der Waals surface area contributed by atoms with E-state index in [9.17, 15) is 4.39 Å². The Morgan fingerprint density at radius 3 is 2.83 bits per heavy atom. The van der Waals surface area contributed by atoms with Gasteiger partial charge in [0.05, 0.1) is 4.70 Å². The molecule has 0 fully saturated rings. The van der Waals surface area contributed by atoms with Crippen molar-refractivity contribution in [2.24, 2.45) is 0 Å². The van der Waals surface area contributed by atoms with E-state index >= 15 is 0 Å². The molecule has 5 heteroatoms. The van der Waals surface area contributed by atoms with Crippen molar-refractivity contribution in [3.63, 3.8) is 0 Å². The van der Waals surface area contributed by atoms with Crippen LogP contribution in [-0.4, -0.2) is 4.98 Å². The fourth-order valence-corrected chi connectivity index (χ4v) is 1.82. The molecule has 62 valence electrons. The number of hydrogen-bond acceptors (Lipinski definition) is 4. The van der Waals surface area contributed by atoms with Gasteiger partial charge in [-0.3, -0.25) is 0 Å². The number of nitrogens with two attached hydrogens (primary N) is 2. The molecule has 12 heavy (non-hydrogen) atoms. The normalized spacial score (nSPS) is 10.8. The number of anilines is 2. The number of aromatic nitrogens is 1. The van der Waals surface area contributed by atoms with Gasteiger partial charge in [-0.15, -0.1) is 0 Å². The fourth-order valence-electron chi connectivity index (χ4n) is 1.03. The molecule has 1 aromatic heterocycles. The molecule has 4 N–H and O–H groups in total.